The predicted octanol–water partition coefficient (Wildman–Crippen LogP) is 1.71. The Morgan fingerprint density at radius 3 is 2.80 bits per heavy atom. The van der Waals surface area contributed by atoms with Crippen LogP contribution in [0.1, 0.15) is 28.8 Å². The van der Waals surface area contributed by atoms with Crippen LogP contribution in [0.5, 0.6) is 0 Å². The first-order chi connectivity index (χ1) is 9.61. The number of nitrogens with zero attached hydrogens (tertiary/aromatic N) is 1. The van der Waals surface area contributed by atoms with E-state index in [-0.39, 0.29) is 17.8 Å². The Balaban J connectivity index is 1.96. The average Bonchev–Trinajstić information content (AvgIpc) is 2.47. The number of benzene rings is 1. The molecule has 1 fully saturated rings. The molecule has 0 aliphatic carbocycles. The number of hydrogen-bond acceptors (Lipinski definition) is 3. The number of rotatable bonds is 4. The molecule has 110 valence electrons. The standard InChI is InChI=1S/C15H21FN2O2/c1-11-2-3-12(16)10-14(11)15(19)18-7-4-13(5-8-18)20-9-6-17/h2-3,10,13H,4-9,17H2,1H3. The van der Waals surface area contributed by atoms with Gasteiger partial charge in [-0.2, -0.15) is 0 Å². The van der Waals surface area contributed by atoms with Crippen LogP contribution in [0.15, 0.2) is 18.2 Å². The summed E-state index contributed by atoms with van der Waals surface area (Å²) in [6, 6.07) is 4.33. The molecule has 1 heterocycles. The number of hydrogen-bond donors (Lipinski definition) is 1. The fraction of sp³-hybridized carbons (Fsp3) is 0.533. The number of nitrogens with two attached hydrogens (primary N) is 1. The highest BCUT2D eigenvalue weighted by atomic mass is 19.1. The van der Waals surface area contributed by atoms with Gasteiger partial charge >= 0.3 is 0 Å². The van der Waals surface area contributed by atoms with E-state index in [0.717, 1.165) is 18.4 Å². The van der Waals surface area contributed by atoms with Gasteiger partial charge in [-0.25, -0.2) is 4.39 Å². The number of halogens is 1. The summed E-state index contributed by atoms with van der Waals surface area (Å²) in [7, 11) is 0. The zero-order chi connectivity index (χ0) is 14.5. The number of piperidine rings is 1. The van der Waals surface area contributed by atoms with E-state index in [1.807, 2.05) is 6.92 Å². The number of carbonyl (C=O) groups is 1. The predicted molar refractivity (Wildman–Crippen MR) is 75.1 cm³/mol. The second kappa shape index (κ2) is 6.81. The molecular weight excluding hydrogens is 259 g/mol. The molecule has 0 aromatic heterocycles. The topological polar surface area (TPSA) is 55.6 Å². The molecular formula is C15H21FN2O2. The van der Waals surface area contributed by atoms with Gasteiger partial charge in [-0.3, -0.25) is 4.79 Å². The van der Waals surface area contributed by atoms with E-state index in [9.17, 15) is 9.18 Å². The Morgan fingerprint density at radius 1 is 1.45 bits per heavy atom. The molecule has 1 saturated heterocycles. The van der Waals surface area contributed by atoms with Crippen molar-refractivity contribution >= 4 is 5.91 Å². The molecule has 0 radical (unpaired) electrons. The molecule has 2 N–H and O–H groups in total. The van der Waals surface area contributed by atoms with Gasteiger partial charge < -0.3 is 15.4 Å². The number of carbonyl (C=O) groups excluding carboxylic acids is 1. The fourth-order valence-corrected chi connectivity index (χ4v) is 2.46. The fourth-order valence-electron chi connectivity index (χ4n) is 2.46. The summed E-state index contributed by atoms with van der Waals surface area (Å²) in [6.07, 6.45) is 1.79. The van der Waals surface area contributed by atoms with Crippen LogP contribution in [0.3, 0.4) is 0 Å². The second-order valence-corrected chi connectivity index (χ2v) is 5.11. The zero-order valence-electron chi connectivity index (χ0n) is 11.8. The monoisotopic (exact) mass is 280 g/mol. The van der Waals surface area contributed by atoms with Gasteiger partial charge in [0.15, 0.2) is 0 Å². The van der Waals surface area contributed by atoms with Crippen LogP contribution in [0.25, 0.3) is 0 Å². The molecule has 1 aliphatic rings. The highest BCUT2D eigenvalue weighted by Gasteiger charge is 2.24. The normalized spacial score (nSPS) is 16.4. The van der Waals surface area contributed by atoms with Crippen molar-refractivity contribution in [3.8, 4) is 0 Å². The van der Waals surface area contributed by atoms with E-state index in [1.54, 1.807) is 11.0 Å². The van der Waals surface area contributed by atoms with Crippen LogP contribution in [0.4, 0.5) is 4.39 Å². The van der Waals surface area contributed by atoms with Crippen molar-refractivity contribution in [2.45, 2.75) is 25.9 Å². The maximum absolute atomic E-state index is 13.3. The lowest BCUT2D eigenvalue weighted by Gasteiger charge is -2.32. The van der Waals surface area contributed by atoms with Gasteiger partial charge in [-0.15, -0.1) is 0 Å². The average molecular weight is 280 g/mol. The largest absolute Gasteiger partial charge is 0.377 e. The van der Waals surface area contributed by atoms with E-state index in [4.69, 9.17) is 10.5 Å². The summed E-state index contributed by atoms with van der Waals surface area (Å²) in [5.74, 6) is -0.473. The highest BCUT2D eigenvalue weighted by Crippen LogP contribution is 2.18. The Labute approximate surface area is 118 Å². The van der Waals surface area contributed by atoms with Gasteiger partial charge in [0.1, 0.15) is 5.82 Å². The maximum Gasteiger partial charge on any atom is 0.254 e. The van der Waals surface area contributed by atoms with Crippen molar-refractivity contribution in [2.24, 2.45) is 5.73 Å². The number of aryl methyl sites for hydroxylation is 1. The van der Waals surface area contributed by atoms with Crippen LogP contribution in [0.2, 0.25) is 0 Å². The maximum atomic E-state index is 13.3. The van der Waals surface area contributed by atoms with Gasteiger partial charge in [-0.1, -0.05) is 6.07 Å². The molecule has 1 aromatic rings. The first kappa shape index (κ1) is 14.9. The van der Waals surface area contributed by atoms with Gasteiger partial charge in [0.2, 0.25) is 0 Å². The molecule has 2 rings (SSSR count). The summed E-state index contributed by atoms with van der Waals surface area (Å²) in [5, 5.41) is 0. The Bertz CT molecular complexity index is 471. The van der Waals surface area contributed by atoms with Crippen LogP contribution in [-0.4, -0.2) is 43.2 Å². The third-order valence-electron chi connectivity index (χ3n) is 3.63. The minimum atomic E-state index is -0.375. The third kappa shape index (κ3) is 3.55. The molecule has 0 spiro atoms. The summed E-state index contributed by atoms with van der Waals surface area (Å²) in [5.41, 5.74) is 6.66. The molecule has 1 amide bonds. The number of likely N-dealkylation sites (tertiary alicyclic amines) is 1. The quantitative estimate of drug-likeness (QED) is 0.913. The highest BCUT2D eigenvalue weighted by molar-refractivity contribution is 5.95. The molecule has 5 heteroatoms. The van der Waals surface area contributed by atoms with E-state index >= 15 is 0 Å². The van der Waals surface area contributed by atoms with Crippen molar-refractivity contribution in [2.75, 3.05) is 26.2 Å². The summed E-state index contributed by atoms with van der Waals surface area (Å²) in [4.78, 5) is 14.2. The number of amides is 1. The van der Waals surface area contributed by atoms with Crippen molar-refractivity contribution in [3.05, 3.63) is 35.1 Å². The summed E-state index contributed by atoms with van der Waals surface area (Å²) in [6.45, 7) is 4.18. The van der Waals surface area contributed by atoms with Gasteiger partial charge in [-0.05, 0) is 37.5 Å². The smallest absolute Gasteiger partial charge is 0.254 e. The lowest BCUT2D eigenvalue weighted by atomic mass is 10.0. The van der Waals surface area contributed by atoms with Crippen molar-refractivity contribution in [1.29, 1.82) is 0 Å². The van der Waals surface area contributed by atoms with Gasteiger partial charge in [0.25, 0.3) is 5.91 Å². The van der Waals surface area contributed by atoms with Crippen molar-refractivity contribution < 1.29 is 13.9 Å². The summed E-state index contributed by atoms with van der Waals surface area (Å²) >= 11 is 0. The van der Waals surface area contributed by atoms with Crippen LogP contribution < -0.4 is 5.73 Å². The van der Waals surface area contributed by atoms with Crippen molar-refractivity contribution in [3.63, 3.8) is 0 Å². The van der Waals surface area contributed by atoms with E-state index in [2.05, 4.69) is 0 Å². The minimum absolute atomic E-state index is 0.0979. The third-order valence-corrected chi connectivity index (χ3v) is 3.63. The first-order valence-corrected chi connectivity index (χ1v) is 6.99. The molecule has 1 aromatic carbocycles. The molecule has 0 bridgehead atoms. The lowest BCUT2D eigenvalue weighted by Crippen LogP contribution is -2.41. The second-order valence-electron chi connectivity index (χ2n) is 5.11. The van der Waals surface area contributed by atoms with Crippen LogP contribution in [0, 0.1) is 12.7 Å². The van der Waals surface area contributed by atoms with E-state index in [1.165, 1.54) is 12.1 Å². The molecule has 1 aliphatic heterocycles. The molecule has 0 saturated carbocycles. The Kier molecular flexibility index (Phi) is 5.09. The first-order valence-electron chi connectivity index (χ1n) is 6.99. The molecule has 4 nitrogen and oxygen atoms in total. The zero-order valence-corrected chi connectivity index (χ0v) is 11.8. The van der Waals surface area contributed by atoms with E-state index < -0.39 is 0 Å². The SMILES string of the molecule is Cc1ccc(F)cc1C(=O)N1CCC(OCCN)CC1. The van der Waals surface area contributed by atoms with Crippen LogP contribution >= 0.6 is 0 Å². The molecule has 20 heavy (non-hydrogen) atoms. The lowest BCUT2D eigenvalue weighted by molar-refractivity contribution is 0.0121. The van der Waals surface area contributed by atoms with Crippen molar-refractivity contribution in [1.82, 2.24) is 4.90 Å². The van der Waals surface area contributed by atoms with Gasteiger partial charge in [0, 0.05) is 25.2 Å². The van der Waals surface area contributed by atoms with Gasteiger partial charge in [0.05, 0.1) is 12.7 Å². The Morgan fingerprint density at radius 2 is 2.15 bits per heavy atom. The molecule has 0 unspecified atom stereocenters. The molecule has 0 atom stereocenters. The Hall–Kier alpha value is -1.46. The minimum Gasteiger partial charge on any atom is -0.377 e. The number of ether oxygens (including phenoxy) is 1. The van der Waals surface area contributed by atoms with E-state index in [0.29, 0.717) is 31.8 Å². The summed E-state index contributed by atoms with van der Waals surface area (Å²) < 4.78 is 18.9. The van der Waals surface area contributed by atoms with Crippen LogP contribution in [-0.2, 0) is 4.74 Å².